The highest BCUT2D eigenvalue weighted by Crippen LogP contribution is 2.28. The summed E-state index contributed by atoms with van der Waals surface area (Å²) >= 11 is 0. The SMILES string of the molecule is C=CC(=C)Nc1ccc(F)c(Nc2nc(N/C(C=NC)=C/N)ncc2/C(C=N)=C/N)c1. The van der Waals surface area contributed by atoms with E-state index >= 15 is 0 Å². The van der Waals surface area contributed by atoms with Gasteiger partial charge < -0.3 is 32.8 Å². The second kappa shape index (κ2) is 10.9. The molecule has 0 saturated carbocycles. The second-order valence-electron chi connectivity index (χ2n) is 6.03. The number of halogens is 1. The third-order valence-corrected chi connectivity index (χ3v) is 3.91. The Bertz CT molecular complexity index is 1070. The summed E-state index contributed by atoms with van der Waals surface area (Å²) in [5.41, 5.74) is 13.7. The first kappa shape index (κ1) is 22.8. The summed E-state index contributed by atoms with van der Waals surface area (Å²) in [6.45, 7) is 7.41. The molecule has 0 aliphatic rings. The lowest BCUT2D eigenvalue weighted by Gasteiger charge is -2.15. The maximum atomic E-state index is 14.5. The van der Waals surface area contributed by atoms with E-state index in [9.17, 15) is 4.39 Å². The molecule has 0 atom stereocenters. The van der Waals surface area contributed by atoms with Gasteiger partial charge in [-0.05, 0) is 24.3 Å². The number of aromatic nitrogens is 2. The van der Waals surface area contributed by atoms with E-state index in [0.717, 1.165) is 6.21 Å². The van der Waals surface area contributed by atoms with Crippen LogP contribution >= 0.6 is 0 Å². The Morgan fingerprint density at radius 2 is 2.03 bits per heavy atom. The average Bonchev–Trinajstić information content (AvgIpc) is 2.77. The molecule has 0 spiro atoms. The Labute approximate surface area is 179 Å². The quantitative estimate of drug-likeness (QED) is 0.254. The predicted octanol–water partition coefficient (Wildman–Crippen LogP) is 3.33. The molecule has 8 N–H and O–H groups in total. The lowest BCUT2D eigenvalue weighted by Crippen LogP contribution is -2.10. The van der Waals surface area contributed by atoms with Gasteiger partial charge in [0.1, 0.15) is 11.6 Å². The molecule has 0 radical (unpaired) electrons. The monoisotopic (exact) mass is 421 g/mol. The molecule has 0 amide bonds. The summed E-state index contributed by atoms with van der Waals surface area (Å²) < 4.78 is 14.5. The fraction of sp³-hybridized carbons (Fsp3) is 0.0476. The summed E-state index contributed by atoms with van der Waals surface area (Å²) in [6, 6.07) is 4.41. The van der Waals surface area contributed by atoms with Gasteiger partial charge in [0.15, 0.2) is 0 Å². The molecule has 2 aromatic rings. The molecule has 0 fully saturated rings. The van der Waals surface area contributed by atoms with E-state index in [1.54, 1.807) is 25.3 Å². The number of aliphatic imine (C=N–C) groups is 1. The van der Waals surface area contributed by atoms with Crippen molar-refractivity contribution in [3.63, 3.8) is 0 Å². The molecule has 31 heavy (non-hydrogen) atoms. The third-order valence-electron chi connectivity index (χ3n) is 3.91. The predicted molar refractivity (Wildman–Crippen MR) is 126 cm³/mol. The first-order valence-electron chi connectivity index (χ1n) is 9.01. The molecule has 0 unspecified atom stereocenters. The molecule has 160 valence electrons. The lowest BCUT2D eigenvalue weighted by molar-refractivity contribution is 0.632. The fourth-order valence-electron chi connectivity index (χ4n) is 2.41. The van der Waals surface area contributed by atoms with E-state index in [1.165, 1.54) is 30.9 Å². The van der Waals surface area contributed by atoms with Gasteiger partial charge >= 0.3 is 0 Å². The topological polar surface area (TPSA) is 150 Å². The van der Waals surface area contributed by atoms with Crippen molar-refractivity contribution in [2.75, 3.05) is 23.0 Å². The Morgan fingerprint density at radius 3 is 2.65 bits per heavy atom. The molecule has 0 aliphatic carbocycles. The Morgan fingerprint density at radius 1 is 1.26 bits per heavy atom. The van der Waals surface area contributed by atoms with Crippen LogP contribution in [0.4, 0.5) is 27.5 Å². The minimum absolute atomic E-state index is 0.138. The molecule has 0 bridgehead atoms. The van der Waals surface area contributed by atoms with Crippen LogP contribution in [-0.2, 0) is 0 Å². The van der Waals surface area contributed by atoms with Gasteiger partial charge in [0, 0.05) is 60.6 Å². The van der Waals surface area contributed by atoms with Crippen molar-refractivity contribution in [3.05, 3.63) is 78.8 Å². The molecular formula is C21H24FN9. The van der Waals surface area contributed by atoms with Gasteiger partial charge in [-0.1, -0.05) is 13.2 Å². The van der Waals surface area contributed by atoms with Crippen molar-refractivity contribution in [1.29, 1.82) is 5.41 Å². The van der Waals surface area contributed by atoms with Gasteiger partial charge in [0.2, 0.25) is 5.95 Å². The van der Waals surface area contributed by atoms with Crippen molar-refractivity contribution < 1.29 is 4.39 Å². The van der Waals surface area contributed by atoms with Crippen LogP contribution in [0, 0.1) is 11.2 Å². The molecule has 1 heterocycles. The lowest BCUT2D eigenvalue weighted by atomic mass is 10.1. The summed E-state index contributed by atoms with van der Waals surface area (Å²) in [5.74, 6) is -0.109. The smallest absolute Gasteiger partial charge is 0.229 e. The zero-order chi connectivity index (χ0) is 22.8. The van der Waals surface area contributed by atoms with Crippen molar-refractivity contribution in [2.45, 2.75) is 0 Å². The van der Waals surface area contributed by atoms with E-state index in [1.807, 2.05) is 0 Å². The zero-order valence-corrected chi connectivity index (χ0v) is 17.0. The maximum absolute atomic E-state index is 14.5. The number of benzene rings is 1. The molecule has 0 aliphatic heterocycles. The molecular weight excluding hydrogens is 397 g/mol. The number of anilines is 4. The van der Waals surface area contributed by atoms with Gasteiger partial charge in [-0.3, -0.25) is 4.99 Å². The van der Waals surface area contributed by atoms with Crippen LogP contribution < -0.4 is 27.4 Å². The van der Waals surface area contributed by atoms with Gasteiger partial charge in [-0.15, -0.1) is 0 Å². The van der Waals surface area contributed by atoms with Crippen LogP contribution in [-0.4, -0.2) is 29.4 Å². The second-order valence-corrected chi connectivity index (χ2v) is 6.03. The molecule has 1 aromatic carbocycles. The van der Waals surface area contributed by atoms with Crippen molar-refractivity contribution in [1.82, 2.24) is 9.97 Å². The van der Waals surface area contributed by atoms with E-state index < -0.39 is 5.82 Å². The van der Waals surface area contributed by atoms with Gasteiger partial charge in [0.25, 0.3) is 0 Å². The molecule has 10 heteroatoms. The highest BCUT2D eigenvalue weighted by atomic mass is 19.1. The Hall–Kier alpha value is -4.47. The normalized spacial score (nSPS) is 11.8. The maximum Gasteiger partial charge on any atom is 0.229 e. The summed E-state index contributed by atoms with van der Waals surface area (Å²) in [7, 11) is 1.59. The van der Waals surface area contributed by atoms with Crippen LogP contribution in [0.2, 0.25) is 0 Å². The molecule has 9 nitrogen and oxygen atoms in total. The van der Waals surface area contributed by atoms with Gasteiger partial charge in [-0.2, -0.15) is 4.98 Å². The Balaban J connectivity index is 2.50. The highest BCUT2D eigenvalue weighted by Gasteiger charge is 2.14. The van der Waals surface area contributed by atoms with E-state index in [4.69, 9.17) is 16.9 Å². The summed E-state index contributed by atoms with van der Waals surface area (Å²) in [5, 5.41) is 16.4. The first-order valence-corrected chi connectivity index (χ1v) is 9.01. The molecule has 2 rings (SSSR count). The van der Waals surface area contributed by atoms with Gasteiger partial charge in [0.05, 0.1) is 11.4 Å². The number of nitrogens with one attached hydrogen (secondary N) is 4. The number of allylic oxidation sites excluding steroid dienone is 3. The van der Waals surface area contributed by atoms with Crippen molar-refractivity contribution >= 4 is 41.1 Å². The largest absolute Gasteiger partial charge is 0.404 e. The van der Waals surface area contributed by atoms with Crippen LogP contribution in [0.1, 0.15) is 5.56 Å². The number of hydrogen-bond acceptors (Lipinski definition) is 9. The minimum atomic E-state index is -0.511. The van der Waals surface area contributed by atoms with Crippen molar-refractivity contribution in [3.8, 4) is 0 Å². The highest BCUT2D eigenvalue weighted by molar-refractivity contribution is 6.10. The van der Waals surface area contributed by atoms with Crippen LogP contribution in [0.3, 0.4) is 0 Å². The van der Waals surface area contributed by atoms with Crippen LogP contribution in [0.5, 0.6) is 0 Å². The van der Waals surface area contributed by atoms with Gasteiger partial charge in [-0.25, -0.2) is 9.37 Å². The molecule has 0 saturated heterocycles. The first-order chi connectivity index (χ1) is 14.9. The van der Waals surface area contributed by atoms with Crippen LogP contribution in [0.15, 0.2) is 72.4 Å². The summed E-state index contributed by atoms with van der Waals surface area (Å²) in [6.07, 6.45) is 8.09. The van der Waals surface area contributed by atoms with E-state index in [0.29, 0.717) is 28.2 Å². The summed E-state index contributed by atoms with van der Waals surface area (Å²) in [4.78, 5) is 12.5. The third kappa shape index (κ3) is 6.00. The van der Waals surface area contributed by atoms with E-state index in [-0.39, 0.29) is 17.5 Å². The van der Waals surface area contributed by atoms with Crippen LogP contribution in [0.25, 0.3) is 5.57 Å². The van der Waals surface area contributed by atoms with E-state index in [2.05, 4.69) is 44.1 Å². The number of nitrogens with zero attached hydrogens (tertiary/aromatic N) is 3. The zero-order valence-electron chi connectivity index (χ0n) is 17.0. The molecule has 1 aromatic heterocycles. The Kier molecular flexibility index (Phi) is 8.03. The number of rotatable bonds is 10. The minimum Gasteiger partial charge on any atom is -0.404 e. The fourth-order valence-corrected chi connectivity index (χ4v) is 2.41. The average molecular weight is 421 g/mol. The van der Waals surface area contributed by atoms with Crippen molar-refractivity contribution in [2.24, 2.45) is 16.5 Å². The number of nitrogens with two attached hydrogens (primary N) is 2. The number of hydrogen-bond donors (Lipinski definition) is 6. The standard InChI is InChI=1S/C21H24FN9/c1-4-13(2)28-15-5-6-18(22)19(7-15)30-20-17(14(8-23)9-24)12-27-21(31-20)29-16(10-25)11-26-3/h4-12,23,28H,1-2,24-25H2,3H3,(H2,27,29,30,31)/b14-9+,16-10+,23-8?,26-11?.